The van der Waals surface area contributed by atoms with Crippen LogP contribution in [-0.4, -0.2) is 14.2 Å². The predicted octanol–water partition coefficient (Wildman–Crippen LogP) is 2.61. The molecular weight excluding hydrogens is 310 g/mol. The van der Waals surface area contributed by atoms with Crippen LogP contribution in [0.15, 0.2) is 41.6 Å². The zero-order valence-electron chi connectivity index (χ0n) is 11.8. The fourth-order valence-electron chi connectivity index (χ4n) is 2.15. The summed E-state index contributed by atoms with van der Waals surface area (Å²) in [5, 5.41) is 11.2. The van der Waals surface area contributed by atoms with E-state index >= 15 is 0 Å². The molecule has 21 heavy (non-hydrogen) atoms. The Morgan fingerprint density at radius 2 is 1.95 bits per heavy atom. The summed E-state index contributed by atoms with van der Waals surface area (Å²) in [6.45, 7) is 3.89. The van der Waals surface area contributed by atoms with E-state index in [1.54, 1.807) is 0 Å². The van der Waals surface area contributed by atoms with Crippen LogP contribution in [0.2, 0.25) is 5.02 Å². The van der Waals surface area contributed by atoms with Crippen LogP contribution in [0.1, 0.15) is 16.7 Å². The third kappa shape index (κ3) is 3.54. The molecular formula is C15H16ClNO3S. The van der Waals surface area contributed by atoms with Crippen LogP contribution >= 0.6 is 11.6 Å². The number of benzene rings is 1. The highest BCUT2D eigenvalue weighted by atomic mass is 35.5. The molecule has 0 bridgehead atoms. The number of halogens is 1. The number of hydrogen-bond acceptors (Lipinski definition) is 3. The minimum atomic E-state index is -3.73. The molecule has 1 aromatic carbocycles. The summed E-state index contributed by atoms with van der Waals surface area (Å²) in [7, 11) is -3.73. The Kier molecular flexibility index (Phi) is 4.54. The van der Waals surface area contributed by atoms with E-state index in [0.717, 1.165) is 22.9 Å². The van der Waals surface area contributed by atoms with E-state index < -0.39 is 9.84 Å². The second kappa shape index (κ2) is 6.03. The molecule has 0 unspecified atom stereocenters. The fraction of sp³-hybridized carbons (Fsp3) is 0.267. The number of sulfone groups is 1. The molecule has 0 spiro atoms. The Morgan fingerprint density at radius 1 is 1.24 bits per heavy atom. The summed E-state index contributed by atoms with van der Waals surface area (Å²) in [6, 6.07) is 8.72. The first-order chi connectivity index (χ1) is 9.81. The van der Waals surface area contributed by atoms with Gasteiger partial charge in [0.25, 0.3) is 0 Å². The highest BCUT2D eigenvalue weighted by molar-refractivity contribution is 7.91. The zero-order valence-corrected chi connectivity index (χ0v) is 13.4. The summed E-state index contributed by atoms with van der Waals surface area (Å²) >= 11 is 5.85. The van der Waals surface area contributed by atoms with E-state index in [0.29, 0.717) is 11.2 Å². The summed E-state index contributed by atoms with van der Waals surface area (Å²) in [4.78, 5) is 0. The number of pyridine rings is 1. The van der Waals surface area contributed by atoms with Crippen molar-refractivity contribution in [2.24, 2.45) is 0 Å². The van der Waals surface area contributed by atoms with Gasteiger partial charge in [0.2, 0.25) is 9.84 Å². The van der Waals surface area contributed by atoms with Gasteiger partial charge in [-0.1, -0.05) is 35.4 Å². The third-order valence-corrected chi connectivity index (χ3v) is 5.46. The number of nitrogens with zero attached hydrogens (tertiary/aromatic N) is 1. The third-order valence-electron chi connectivity index (χ3n) is 3.31. The van der Waals surface area contributed by atoms with Gasteiger partial charge in [-0.3, -0.25) is 0 Å². The second-order valence-electron chi connectivity index (χ2n) is 4.99. The van der Waals surface area contributed by atoms with Gasteiger partial charge >= 0.3 is 5.03 Å². The van der Waals surface area contributed by atoms with Crippen molar-refractivity contribution in [2.75, 3.05) is 5.75 Å². The Balaban J connectivity index is 2.28. The molecule has 2 rings (SSSR count). The lowest BCUT2D eigenvalue weighted by atomic mass is 10.0. The van der Waals surface area contributed by atoms with Crippen molar-refractivity contribution in [2.45, 2.75) is 25.3 Å². The molecule has 0 amide bonds. The first-order valence-corrected chi connectivity index (χ1v) is 8.51. The molecule has 4 nitrogen and oxygen atoms in total. The Morgan fingerprint density at radius 3 is 2.62 bits per heavy atom. The minimum Gasteiger partial charge on any atom is -0.618 e. The normalized spacial score (nSPS) is 11.6. The Bertz CT molecular complexity index is 752. The maximum Gasteiger partial charge on any atom is 0.327 e. The second-order valence-corrected chi connectivity index (χ2v) is 7.42. The molecule has 0 fully saturated rings. The lowest BCUT2D eigenvalue weighted by Gasteiger charge is -2.09. The van der Waals surface area contributed by atoms with Crippen molar-refractivity contribution >= 4 is 21.4 Å². The Hall–Kier alpha value is -1.59. The van der Waals surface area contributed by atoms with E-state index in [1.807, 2.05) is 32.0 Å². The summed E-state index contributed by atoms with van der Waals surface area (Å²) in [5.41, 5.74) is 3.07. The van der Waals surface area contributed by atoms with Gasteiger partial charge in [-0.15, -0.1) is 0 Å². The fourth-order valence-corrected chi connectivity index (χ4v) is 4.04. The van der Waals surface area contributed by atoms with E-state index in [2.05, 4.69) is 0 Å². The van der Waals surface area contributed by atoms with Gasteiger partial charge in [-0.05, 0) is 37.5 Å². The van der Waals surface area contributed by atoms with E-state index in [1.165, 1.54) is 12.1 Å². The standard InChI is InChI=1S/C15H16ClNO3S/c1-11-5-6-12(2)13(10-11)7-9-21(19,20)15-14(16)4-3-8-17(15)18/h3-6,8,10H,7,9H2,1-2H3. The summed E-state index contributed by atoms with van der Waals surface area (Å²) < 4.78 is 25.0. The molecule has 2 aromatic rings. The number of aromatic nitrogens is 1. The smallest absolute Gasteiger partial charge is 0.327 e. The molecule has 0 atom stereocenters. The molecule has 0 saturated carbocycles. The highest BCUT2D eigenvalue weighted by Gasteiger charge is 2.27. The van der Waals surface area contributed by atoms with Gasteiger partial charge in [-0.2, -0.15) is 4.73 Å². The van der Waals surface area contributed by atoms with E-state index in [9.17, 15) is 13.6 Å². The molecule has 0 N–H and O–H groups in total. The number of rotatable bonds is 4. The quantitative estimate of drug-likeness (QED) is 0.641. The lowest BCUT2D eigenvalue weighted by Crippen LogP contribution is -2.35. The van der Waals surface area contributed by atoms with Gasteiger partial charge < -0.3 is 5.21 Å². The number of hydrogen-bond donors (Lipinski definition) is 0. The van der Waals surface area contributed by atoms with Crippen LogP contribution in [-0.2, 0) is 16.3 Å². The van der Waals surface area contributed by atoms with Gasteiger partial charge in [-0.25, -0.2) is 8.42 Å². The topological polar surface area (TPSA) is 61.1 Å². The SMILES string of the molecule is Cc1ccc(C)c(CCS(=O)(=O)c2c(Cl)ccc[n+]2[O-])c1. The molecule has 6 heteroatoms. The van der Waals surface area contributed by atoms with Crippen molar-refractivity contribution < 1.29 is 13.1 Å². The molecule has 112 valence electrons. The van der Waals surface area contributed by atoms with Crippen molar-refractivity contribution in [3.63, 3.8) is 0 Å². The van der Waals surface area contributed by atoms with Gasteiger partial charge in [0.1, 0.15) is 5.02 Å². The highest BCUT2D eigenvalue weighted by Crippen LogP contribution is 2.20. The first kappa shape index (κ1) is 15.8. The minimum absolute atomic E-state index is 0.0477. The average molecular weight is 326 g/mol. The van der Waals surface area contributed by atoms with Crippen LogP contribution in [0.25, 0.3) is 0 Å². The predicted molar refractivity (Wildman–Crippen MR) is 82.1 cm³/mol. The van der Waals surface area contributed by atoms with E-state index in [-0.39, 0.29) is 15.8 Å². The zero-order chi connectivity index (χ0) is 15.6. The van der Waals surface area contributed by atoms with Crippen LogP contribution in [0.4, 0.5) is 0 Å². The largest absolute Gasteiger partial charge is 0.618 e. The summed E-state index contributed by atoms with van der Waals surface area (Å²) in [6.07, 6.45) is 1.48. The number of aryl methyl sites for hydroxylation is 3. The van der Waals surface area contributed by atoms with Gasteiger partial charge in [0, 0.05) is 6.07 Å². The Labute approximate surface area is 129 Å². The van der Waals surface area contributed by atoms with Crippen LogP contribution in [0.3, 0.4) is 0 Å². The summed E-state index contributed by atoms with van der Waals surface area (Å²) in [5.74, 6) is -0.150. The van der Waals surface area contributed by atoms with Gasteiger partial charge in [0.05, 0.1) is 5.75 Å². The van der Waals surface area contributed by atoms with Crippen molar-refractivity contribution in [3.8, 4) is 0 Å². The molecule has 1 heterocycles. The maximum atomic E-state index is 12.3. The molecule has 0 aliphatic carbocycles. The maximum absolute atomic E-state index is 12.3. The molecule has 0 saturated heterocycles. The van der Waals surface area contributed by atoms with Crippen molar-refractivity contribution in [3.05, 3.63) is 63.4 Å². The van der Waals surface area contributed by atoms with Crippen LogP contribution in [0, 0.1) is 19.1 Å². The van der Waals surface area contributed by atoms with E-state index in [4.69, 9.17) is 11.6 Å². The molecule has 0 radical (unpaired) electrons. The molecule has 1 aromatic heterocycles. The molecule has 0 aliphatic heterocycles. The lowest BCUT2D eigenvalue weighted by molar-refractivity contribution is -0.646. The monoisotopic (exact) mass is 325 g/mol. The van der Waals surface area contributed by atoms with Crippen LogP contribution < -0.4 is 4.73 Å². The van der Waals surface area contributed by atoms with Crippen molar-refractivity contribution in [1.29, 1.82) is 0 Å². The van der Waals surface area contributed by atoms with Crippen LogP contribution in [0.5, 0.6) is 0 Å². The van der Waals surface area contributed by atoms with Gasteiger partial charge in [0.15, 0.2) is 6.20 Å². The van der Waals surface area contributed by atoms with Crippen molar-refractivity contribution in [1.82, 2.24) is 0 Å². The first-order valence-electron chi connectivity index (χ1n) is 6.48. The average Bonchev–Trinajstić information content (AvgIpc) is 2.39. The molecule has 0 aliphatic rings.